The van der Waals surface area contributed by atoms with Crippen molar-refractivity contribution in [1.29, 1.82) is 0 Å². The van der Waals surface area contributed by atoms with Gasteiger partial charge in [0.2, 0.25) is 11.8 Å². The highest BCUT2D eigenvalue weighted by atomic mass is 32.2. The van der Waals surface area contributed by atoms with E-state index in [1.165, 1.54) is 30.1 Å². The lowest BCUT2D eigenvalue weighted by molar-refractivity contribution is -0.124. The maximum Gasteiger partial charge on any atom is 0.354 e. The van der Waals surface area contributed by atoms with Crippen molar-refractivity contribution in [1.82, 2.24) is 4.98 Å². The predicted molar refractivity (Wildman–Crippen MR) is 61.0 cm³/mol. The van der Waals surface area contributed by atoms with E-state index in [0.717, 1.165) is 4.90 Å². The number of thioether (sulfide) groups is 1. The number of anilines is 1. The van der Waals surface area contributed by atoms with Crippen LogP contribution in [0.1, 0.15) is 10.5 Å². The molecule has 2 rings (SSSR count). The van der Waals surface area contributed by atoms with Gasteiger partial charge in [-0.3, -0.25) is 9.59 Å². The molecule has 1 aliphatic heterocycles. The van der Waals surface area contributed by atoms with Crippen molar-refractivity contribution in [2.24, 2.45) is 0 Å². The van der Waals surface area contributed by atoms with Crippen LogP contribution < -0.4 is 4.90 Å². The summed E-state index contributed by atoms with van der Waals surface area (Å²) in [7, 11) is 0. The SMILES string of the molecule is O=C(O)c1cc(N2C(=O)CSCC2=O)ccn1. The maximum absolute atomic E-state index is 11.6. The number of hydrogen-bond acceptors (Lipinski definition) is 5. The summed E-state index contributed by atoms with van der Waals surface area (Å²) in [4.78, 5) is 38.6. The molecule has 0 unspecified atom stereocenters. The Bertz CT molecular complexity index is 487. The van der Waals surface area contributed by atoms with E-state index < -0.39 is 5.97 Å². The van der Waals surface area contributed by atoms with Crippen LogP contribution in [0, 0.1) is 0 Å². The number of carboxylic acids is 1. The first kappa shape index (κ1) is 11.6. The molecule has 0 atom stereocenters. The Hall–Kier alpha value is -1.89. The number of carboxylic acid groups (broad SMARTS) is 1. The molecule has 88 valence electrons. The van der Waals surface area contributed by atoms with Gasteiger partial charge in [0.1, 0.15) is 5.69 Å². The highest BCUT2D eigenvalue weighted by molar-refractivity contribution is 8.00. The van der Waals surface area contributed by atoms with Crippen molar-refractivity contribution in [3.05, 3.63) is 24.0 Å². The summed E-state index contributed by atoms with van der Waals surface area (Å²) >= 11 is 1.25. The number of imide groups is 1. The zero-order chi connectivity index (χ0) is 12.4. The summed E-state index contributed by atoms with van der Waals surface area (Å²) in [6.07, 6.45) is 1.26. The molecule has 0 aromatic carbocycles. The Kier molecular flexibility index (Phi) is 3.10. The first-order chi connectivity index (χ1) is 8.09. The molecule has 0 radical (unpaired) electrons. The second-order valence-corrected chi connectivity index (χ2v) is 4.31. The molecule has 2 heterocycles. The van der Waals surface area contributed by atoms with Crippen LogP contribution in [0.5, 0.6) is 0 Å². The van der Waals surface area contributed by atoms with E-state index in [9.17, 15) is 14.4 Å². The molecule has 1 aliphatic rings. The first-order valence-electron chi connectivity index (χ1n) is 4.72. The van der Waals surface area contributed by atoms with Gasteiger partial charge in [0.25, 0.3) is 0 Å². The highest BCUT2D eigenvalue weighted by Gasteiger charge is 2.28. The number of carbonyl (C=O) groups is 3. The van der Waals surface area contributed by atoms with Gasteiger partial charge in [-0.1, -0.05) is 0 Å². The Balaban J connectivity index is 2.38. The van der Waals surface area contributed by atoms with Gasteiger partial charge in [-0.25, -0.2) is 14.7 Å². The molecule has 0 aliphatic carbocycles. The zero-order valence-electron chi connectivity index (χ0n) is 8.62. The molecule has 0 saturated carbocycles. The second kappa shape index (κ2) is 4.54. The summed E-state index contributed by atoms with van der Waals surface area (Å²) in [5, 5.41) is 8.78. The fraction of sp³-hybridized carbons (Fsp3) is 0.200. The van der Waals surface area contributed by atoms with E-state index in [4.69, 9.17) is 5.11 Å². The molecule has 6 nitrogen and oxygen atoms in total. The molecular weight excluding hydrogens is 244 g/mol. The summed E-state index contributed by atoms with van der Waals surface area (Å²) in [6, 6.07) is 2.66. The first-order valence-corrected chi connectivity index (χ1v) is 5.88. The van der Waals surface area contributed by atoms with Crippen molar-refractivity contribution in [2.75, 3.05) is 16.4 Å². The standard InChI is InChI=1S/C10H8N2O4S/c13-8-4-17-5-9(14)12(8)6-1-2-11-7(3-6)10(15)16/h1-3H,4-5H2,(H,15,16). The number of aromatic nitrogens is 1. The van der Waals surface area contributed by atoms with Crippen LogP contribution in [0.2, 0.25) is 0 Å². The van der Waals surface area contributed by atoms with E-state index >= 15 is 0 Å². The van der Waals surface area contributed by atoms with E-state index in [1.807, 2.05) is 0 Å². The topological polar surface area (TPSA) is 87.6 Å². The third kappa shape index (κ3) is 2.28. The fourth-order valence-electron chi connectivity index (χ4n) is 1.46. The highest BCUT2D eigenvalue weighted by Crippen LogP contribution is 2.21. The van der Waals surface area contributed by atoms with Gasteiger partial charge < -0.3 is 5.11 Å². The lowest BCUT2D eigenvalue weighted by Crippen LogP contribution is -2.43. The van der Waals surface area contributed by atoms with Gasteiger partial charge in [-0.05, 0) is 12.1 Å². The molecule has 2 amide bonds. The minimum Gasteiger partial charge on any atom is -0.477 e. The van der Waals surface area contributed by atoms with Gasteiger partial charge in [-0.2, -0.15) is 0 Å². The van der Waals surface area contributed by atoms with Crippen LogP contribution in [0.4, 0.5) is 5.69 Å². The van der Waals surface area contributed by atoms with Gasteiger partial charge in [0.15, 0.2) is 0 Å². The van der Waals surface area contributed by atoms with Crippen molar-refractivity contribution in [2.45, 2.75) is 0 Å². The predicted octanol–water partition coefficient (Wildman–Crippen LogP) is 0.386. The second-order valence-electron chi connectivity index (χ2n) is 3.32. The molecule has 0 spiro atoms. The normalized spacial score (nSPS) is 16.1. The van der Waals surface area contributed by atoms with Crippen molar-refractivity contribution in [3.8, 4) is 0 Å². The lowest BCUT2D eigenvalue weighted by atomic mass is 10.2. The number of hydrogen-bond donors (Lipinski definition) is 1. The van der Waals surface area contributed by atoms with Crippen LogP contribution in [0.25, 0.3) is 0 Å². The number of pyridine rings is 1. The molecular formula is C10H8N2O4S. The van der Waals surface area contributed by atoms with E-state index in [-0.39, 0.29) is 34.7 Å². The number of aromatic carboxylic acids is 1. The number of rotatable bonds is 2. The number of nitrogens with zero attached hydrogens (tertiary/aromatic N) is 2. The lowest BCUT2D eigenvalue weighted by Gasteiger charge is -2.24. The zero-order valence-corrected chi connectivity index (χ0v) is 9.44. The fourth-order valence-corrected chi connectivity index (χ4v) is 2.17. The molecule has 1 aromatic heterocycles. The average molecular weight is 252 g/mol. The number of carbonyl (C=O) groups excluding carboxylic acids is 2. The molecule has 7 heteroatoms. The third-order valence-electron chi connectivity index (χ3n) is 2.17. The van der Waals surface area contributed by atoms with Crippen molar-refractivity contribution < 1.29 is 19.5 Å². The Morgan fingerprint density at radius 3 is 2.59 bits per heavy atom. The summed E-state index contributed by atoms with van der Waals surface area (Å²) in [5.74, 6) is -1.44. The van der Waals surface area contributed by atoms with Crippen molar-refractivity contribution >= 4 is 35.2 Å². The summed E-state index contributed by atoms with van der Waals surface area (Å²) < 4.78 is 0. The molecule has 1 aromatic rings. The molecule has 0 bridgehead atoms. The van der Waals surface area contributed by atoms with Crippen LogP contribution in [-0.2, 0) is 9.59 Å². The summed E-state index contributed by atoms with van der Waals surface area (Å²) in [5.41, 5.74) is 0.0639. The Morgan fingerprint density at radius 2 is 2.00 bits per heavy atom. The van der Waals surface area contributed by atoms with E-state index in [1.54, 1.807) is 0 Å². The minimum atomic E-state index is -1.20. The van der Waals surface area contributed by atoms with Crippen LogP contribution in [-0.4, -0.2) is 39.4 Å². The minimum absolute atomic E-state index is 0.193. The molecule has 1 fully saturated rings. The largest absolute Gasteiger partial charge is 0.477 e. The third-order valence-corrected chi connectivity index (χ3v) is 3.07. The number of amides is 2. The summed E-state index contributed by atoms with van der Waals surface area (Å²) in [6.45, 7) is 0. The monoisotopic (exact) mass is 252 g/mol. The van der Waals surface area contributed by atoms with E-state index in [0.29, 0.717) is 0 Å². The Labute approximate surface area is 101 Å². The molecule has 1 N–H and O–H groups in total. The molecule has 1 saturated heterocycles. The van der Waals surface area contributed by atoms with Crippen LogP contribution >= 0.6 is 11.8 Å². The van der Waals surface area contributed by atoms with Crippen molar-refractivity contribution in [3.63, 3.8) is 0 Å². The van der Waals surface area contributed by atoms with Gasteiger partial charge in [0.05, 0.1) is 17.2 Å². The smallest absolute Gasteiger partial charge is 0.354 e. The van der Waals surface area contributed by atoms with Crippen LogP contribution in [0.3, 0.4) is 0 Å². The Morgan fingerprint density at radius 1 is 1.35 bits per heavy atom. The van der Waals surface area contributed by atoms with Crippen LogP contribution in [0.15, 0.2) is 18.3 Å². The maximum atomic E-state index is 11.6. The van der Waals surface area contributed by atoms with Gasteiger partial charge >= 0.3 is 5.97 Å². The van der Waals surface area contributed by atoms with E-state index in [2.05, 4.69) is 4.98 Å². The average Bonchev–Trinajstić information content (AvgIpc) is 2.29. The quantitative estimate of drug-likeness (QED) is 0.766. The van der Waals surface area contributed by atoms with Gasteiger partial charge in [-0.15, -0.1) is 11.8 Å². The molecule has 17 heavy (non-hydrogen) atoms. The van der Waals surface area contributed by atoms with Gasteiger partial charge in [0, 0.05) is 6.20 Å².